The summed E-state index contributed by atoms with van der Waals surface area (Å²) in [5.41, 5.74) is 0.716. The summed E-state index contributed by atoms with van der Waals surface area (Å²) >= 11 is 0. The summed E-state index contributed by atoms with van der Waals surface area (Å²) in [7, 11) is 0. The van der Waals surface area contributed by atoms with Crippen molar-refractivity contribution in [2.75, 3.05) is 26.3 Å². The first-order chi connectivity index (χ1) is 18.0. The van der Waals surface area contributed by atoms with Gasteiger partial charge in [-0.25, -0.2) is 18.4 Å². The molecule has 0 aliphatic heterocycles. The van der Waals surface area contributed by atoms with Crippen molar-refractivity contribution in [3.63, 3.8) is 0 Å². The van der Waals surface area contributed by atoms with E-state index in [-0.39, 0.29) is 57.7 Å². The van der Waals surface area contributed by atoms with Crippen molar-refractivity contribution in [2.45, 2.75) is 51.3 Å². The monoisotopic (exact) mass is 547 g/mol. The second-order valence-electron chi connectivity index (χ2n) is 8.34. The van der Waals surface area contributed by atoms with E-state index in [4.69, 9.17) is 14.2 Å². The number of hydrogen-bond donors (Lipinski definition) is 1. The van der Waals surface area contributed by atoms with E-state index in [0.29, 0.717) is 17.4 Å². The Balaban J connectivity index is 1.94. The zero-order chi connectivity index (χ0) is 28.1. The van der Waals surface area contributed by atoms with Gasteiger partial charge >= 0.3 is 18.2 Å². The molecule has 0 spiro atoms. The fraction of sp³-hybridized carbons (Fsp3) is 0.462. The van der Waals surface area contributed by atoms with Crippen LogP contribution in [0.2, 0.25) is 0 Å². The van der Waals surface area contributed by atoms with E-state index >= 15 is 0 Å². The zero-order valence-corrected chi connectivity index (χ0v) is 20.8. The Hall–Kier alpha value is -3.41. The number of carboxylic acid groups (broad SMARTS) is 1. The molecule has 2 aromatic rings. The summed E-state index contributed by atoms with van der Waals surface area (Å²) in [6.45, 7) is 2.04. The van der Waals surface area contributed by atoms with Crippen molar-refractivity contribution in [3.05, 3.63) is 59.7 Å². The third kappa shape index (κ3) is 11.3. The molecule has 0 bridgehead atoms. The van der Waals surface area contributed by atoms with E-state index in [2.05, 4.69) is 0 Å². The zero-order valence-electron chi connectivity index (χ0n) is 20.8. The molecule has 7 nitrogen and oxygen atoms in total. The second-order valence-corrected chi connectivity index (χ2v) is 8.34. The van der Waals surface area contributed by atoms with Gasteiger partial charge in [-0.05, 0) is 49.6 Å². The highest BCUT2D eigenvalue weighted by Gasteiger charge is 2.26. The van der Waals surface area contributed by atoms with Crippen LogP contribution < -0.4 is 9.47 Å². The predicted octanol–water partition coefficient (Wildman–Crippen LogP) is 6.00. The molecule has 0 heterocycles. The van der Waals surface area contributed by atoms with Crippen LogP contribution in [-0.2, 0) is 16.0 Å². The van der Waals surface area contributed by atoms with Gasteiger partial charge in [0.1, 0.15) is 18.1 Å². The highest BCUT2D eigenvalue weighted by Crippen LogP contribution is 2.23. The third-order valence-corrected chi connectivity index (χ3v) is 5.36. The van der Waals surface area contributed by atoms with Crippen LogP contribution in [0.25, 0.3) is 0 Å². The summed E-state index contributed by atoms with van der Waals surface area (Å²) in [6.07, 6.45) is -6.49. The smallest absolute Gasteiger partial charge is 0.415 e. The Kier molecular flexibility index (Phi) is 12.3. The third-order valence-electron chi connectivity index (χ3n) is 5.36. The molecule has 0 fully saturated rings. The van der Waals surface area contributed by atoms with Crippen molar-refractivity contribution >= 4 is 12.1 Å². The summed E-state index contributed by atoms with van der Waals surface area (Å²) in [4.78, 5) is 25.1. The molecule has 12 heteroatoms. The maximum absolute atomic E-state index is 13.5. The van der Waals surface area contributed by atoms with Crippen molar-refractivity contribution in [2.24, 2.45) is 0 Å². The van der Waals surface area contributed by atoms with Gasteiger partial charge in [0.25, 0.3) is 0 Å². The van der Waals surface area contributed by atoms with Gasteiger partial charge in [-0.1, -0.05) is 18.6 Å². The van der Waals surface area contributed by atoms with Crippen LogP contribution in [0.5, 0.6) is 11.5 Å². The van der Waals surface area contributed by atoms with E-state index in [0.717, 1.165) is 12.1 Å². The van der Waals surface area contributed by atoms with Crippen molar-refractivity contribution in [3.8, 4) is 11.5 Å². The van der Waals surface area contributed by atoms with Crippen molar-refractivity contribution in [1.82, 2.24) is 4.90 Å². The molecule has 1 atom stereocenters. The van der Waals surface area contributed by atoms with Crippen LogP contribution in [0.4, 0.5) is 26.7 Å². The number of aliphatic carboxylic acids is 1. The van der Waals surface area contributed by atoms with Crippen molar-refractivity contribution < 1.29 is 50.9 Å². The molecular formula is C26H30F5NO6. The number of hydrogen-bond acceptors (Lipinski definition) is 5. The number of halogens is 5. The number of amides is 1. The molecule has 2 rings (SSSR count). The number of benzene rings is 2. The molecule has 210 valence electrons. The fourth-order valence-corrected chi connectivity index (χ4v) is 3.43. The molecule has 0 saturated heterocycles. The lowest BCUT2D eigenvalue weighted by molar-refractivity contribution is -0.150. The van der Waals surface area contributed by atoms with Crippen LogP contribution in [0.1, 0.15) is 38.2 Å². The number of ether oxygens (including phenoxy) is 3. The molecule has 1 N–H and O–H groups in total. The molecule has 2 aromatic carbocycles. The van der Waals surface area contributed by atoms with Crippen LogP contribution >= 0.6 is 0 Å². The van der Waals surface area contributed by atoms with Gasteiger partial charge < -0.3 is 24.2 Å². The molecule has 0 radical (unpaired) electrons. The van der Waals surface area contributed by atoms with Crippen molar-refractivity contribution in [1.29, 1.82) is 0 Å². The molecule has 0 aliphatic carbocycles. The average Bonchev–Trinajstić information content (AvgIpc) is 2.85. The van der Waals surface area contributed by atoms with Crippen LogP contribution in [0.3, 0.4) is 0 Å². The highest BCUT2D eigenvalue weighted by molar-refractivity contribution is 5.72. The van der Waals surface area contributed by atoms with Gasteiger partial charge in [0.15, 0.2) is 17.7 Å². The van der Waals surface area contributed by atoms with Gasteiger partial charge in [0.2, 0.25) is 0 Å². The number of alkyl halides is 3. The first kappa shape index (κ1) is 30.8. The lowest BCUT2D eigenvalue weighted by Crippen LogP contribution is -2.37. The van der Waals surface area contributed by atoms with E-state index in [9.17, 15) is 36.6 Å². The predicted molar refractivity (Wildman–Crippen MR) is 127 cm³/mol. The SMILES string of the molecule is CCOC(Cc1ccc(OCCN(CCCCCC(F)(F)F)C(=O)Oc2ccc(F)c(F)c2)cc1)C(=O)O. The molecule has 1 amide bonds. The van der Waals surface area contributed by atoms with Crippen LogP contribution in [-0.4, -0.2) is 60.7 Å². The van der Waals surface area contributed by atoms with Gasteiger partial charge in [-0.3, -0.25) is 0 Å². The molecular weight excluding hydrogens is 517 g/mol. The Labute approximate surface area is 217 Å². The van der Waals surface area contributed by atoms with Gasteiger partial charge in [-0.2, -0.15) is 13.2 Å². The minimum absolute atomic E-state index is 0.00543. The largest absolute Gasteiger partial charge is 0.492 e. The molecule has 38 heavy (non-hydrogen) atoms. The number of rotatable bonds is 15. The normalized spacial score (nSPS) is 12.2. The van der Waals surface area contributed by atoms with E-state index in [1.54, 1.807) is 31.2 Å². The number of nitrogens with zero attached hydrogens (tertiary/aromatic N) is 1. The van der Waals surface area contributed by atoms with Gasteiger partial charge in [0.05, 0.1) is 6.54 Å². The Bertz CT molecular complexity index is 1030. The molecule has 0 aliphatic rings. The molecule has 0 saturated carbocycles. The second kappa shape index (κ2) is 15.1. The topological polar surface area (TPSA) is 85.3 Å². The Morgan fingerprint density at radius 3 is 2.24 bits per heavy atom. The first-order valence-electron chi connectivity index (χ1n) is 12.0. The summed E-state index contributed by atoms with van der Waals surface area (Å²) in [6, 6.07) is 9.21. The van der Waals surface area contributed by atoms with E-state index < -0.39 is 42.4 Å². The van der Waals surface area contributed by atoms with Gasteiger partial charge in [0, 0.05) is 32.1 Å². The lowest BCUT2D eigenvalue weighted by Gasteiger charge is -2.22. The summed E-state index contributed by atoms with van der Waals surface area (Å²) in [5.74, 6) is -3.16. The standard InChI is InChI=1S/C26H30F5NO6/c1-2-36-23(24(33)34)16-18-6-8-19(9-7-18)37-15-14-32(13-5-3-4-12-26(29,30)31)25(35)38-20-10-11-21(27)22(28)17-20/h6-11,17,23H,2-5,12-16H2,1H3,(H,33,34). The molecule has 0 aromatic heterocycles. The maximum Gasteiger partial charge on any atom is 0.415 e. The minimum Gasteiger partial charge on any atom is -0.492 e. The van der Waals surface area contributed by atoms with Crippen LogP contribution in [0, 0.1) is 11.6 Å². The average molecular weight is 548 g/mol. The fourth-order valence-electron chi connectivity index (χ4n) is 3.43. The Morgan fingerprint density at radius 2 is 1.63 bits per heavy atom. The Morgan fingerprint density at radius 1 is 0.947 bits per heavy atom. The number of carbonyl (C=O) groups excluding carboxylic acids is 1. The maximum atomic E-state index is 13.5. The first-order valence-corrected chi connectivity index (χ1v) is 12.0. The van der Waals surface area contributed by atoms with Gasteiger partial charge in [-0.15, -0.1) is 0 Å². The van der Waals surface area contributed by atoms with E-state index in [1.165, 1.54) is 4.90 Å². The summed E-state index contributed by atoms with van der Waals surface area (Å²) in [5, 5.41) is 9.20. The summed E-state index contributed by atoms with van der Waals surface area (Å²) < 4.78 is 79.6. The van der Waals surface area contributed by atoms with Crippen LogP contribution in [0.15, 0.2) is 42.5 Å². The highest BCUT2D eigenvalue weighted by atomic mass is 19.4. The lowest BCUT2D eigenvalue weighted by atomic mass is 10.1. The number of carboxylic acids is 1. The molecule has 1 unspecified atom stereocenters. The number of unbranched alkanes of at least 4 members (excludes halogenated alkanes) is 2. The van der Waals surface area contributed by atoms with E-state index in [1.807, 2.05) is 0 Å². The number of carbonyl (C=O) groups is 2. The minimum atomic E-state index is -4.26. The quantitative estimate of drug-likeness (QED) is 0.218.